The highest BCUT2D eigenvalue weighted by Gasteiger charge is 2.21. The summed E-state index contributed by atoms with van der Waals surface area (Å²) >= 11 is 0. The molecular formula is C15H21N3O2. The predicted octanol–water partition coefficient (Wildman–Crippen LogP) is 2.23. The monoisotopic (exact) mass is 275 g/mol. The van der Waals surface area contributed by atoms with Gasteiger partial charge in [-0.15, -0.1) is 0 Å². The average molecular weight is 275 g/mol. The van der Waals surface area contributed by atoms with Crippen molar-refractivity contribution in [2.24, 2.45) is 0 Å². The molecule has 0 aliphatic rings. The number of hydrogen-bond acceptors (Lipinski definition) is 4. The lowest BCUT2D eigenvalue weighted by atomic mass is 10.0. The van der Waals surface area contributed by atoms with Gasteiger partial charge in [0.1, 0.15) is 11.4 Å². The van der Waals surface area contributed by atoms with Crippen LogP contribution < -0.4 is 14.8 Å². The van der Waals surface area contributed by atoms with E-state index in [-0.39, 0.29) is 6.04 Å². The molecule has 5 nitrogen and oxygen atoms in total. The first-order valence-electron chi connectivity index (χ1n) is 6.66. The smallest absolute Gasteiger partial charge is 0.161 e. The lowest BCUT2D eigenvalue weighted by Crippen LogP contribution is -2.22. The standard InChI is InChI=1S/C15H21N3O2/c1-5-18-15(13(20-4)10-17-18)14(16-2)11-6-8-12(19-3)9-7-11/h6-10,14,16H,5H2,1-4H3. The van der Waals surface area contributed by atoms with Crippen molar-refractivity contribution in [1.29, 1.82) is 0 Å². The Kier molecular flexibility index (Phi) is 4.63. The van der Waals surface area contributed by atoms with Crippen LogP contribution in [0, 0.1) is 0 Å². The van der Waals surface area contributed by atoms with Crippen LogP contribution in [0.4, 0.5) is 0 Å². The van der Waals surface area contributed by atoms with Gasteiger partial charge in [-0.1, -0.05) is 12.1 Å². The molecule has 1 aromatic carbocycles. The number of aromatic nitrogens is 2. The molecule has 0 fully saturated rings. The summed E-state index contributed by atoms with van der Waals surface area (Å²) in [6, 6.07) is 8.04. The Morgan fingerprint density at radius 3 is 2.40 bits per heavy atom. The molecule has 1 aromatic heterocycles. The maximum Gasteiger partial charge on any atom is 0.161 e. The molecule has 1 unspecified atom stereocenters. The van der Waals surface area contributed by atoms with Crippen LogP contribution in [-0.4, -0.2) is 31.0 Å². The first kappa shape index (κ1) is 14.4. The van der Waals surface area contributed by atoms with Gasteiger partial charge < -0.3 is 14.8 Å². The SMILES string of the molecule is CCn1ncc(OC)c1C(NC)c1ccc(OC)cc1. The topological polar surface area (TPSA) is 48.3 Å². The lowest BCUT2D eigenvalue weighted by Gasteiger charge is -2.19. The summed E-state index contributed by atoms with van der Waals surface area (Å²) < 4.78 is 12.6. The highest BCUT2D eigenvalue weighted by molar-refractivity contribution is 5.38. The van der Waals surface area contributed by atoms with E-state index in [4.69, 9.17) is 9.47 Å². The van der Waals surface area contributed by atoms with Crippen molar-refractivity contribution in [3.05, 3.63) is 41.7 Å². The van der Waals surface area contributed by atoms with Crippen molar-refractivity contribution in [2.75, 3.05) is 21.3 Å². The van der Waals surface area contributed by atoms with Crippen LogP contribution in [0.15, 0.2) is 30.5 Å². The number of rotatable bonds is 6. The van der Waals surface area contributed by atoms with Crippen LogP contribution in [0.2, 0.25) is 0 Å². The van der Waals surface area contributed by atoms with Gasteiger partial charge in [-0.3, -0.25) is 4.68 Å². The second-order valence-corrected chi connectivity index (χ2v) is 4.41. The summed E-state index contributed by atoms with van der Waals surface area (Å²) in [7, 11) is 5.27. The summed E-state index contributed by atoms with van der Waals surface area (Å²) in [6.07, 6.45) is 1.76. The van der Waals surface area contributed by atoms with Crippen molar-refractivity contribution in [3.8, 4) is 11.5 Å². The van der Waals surface area contributed by atoms with Gasteiger partial charge in [0.15, 0.2) is 5.75 Å². The van der Waals surface area contributed by atoms with E-state index in [0.717, 1.165) is 29.3 Å². The molecule has 0 saturated carbocycles. The Bertz CT molecular complexity index is 527. The Balaban J connectivity index is 2.42. The van der Waals surface area contributed by atoms with E-state index in [1.165, 1.54) is 0 Å². The van der Waals surface area contributed by atoms with E-state index in [9.17, 15) is 0 Å². The van der Waals surface area contributed by atoms with Gasteiger partial charge in [-0.05, 0) is 31.7 Å². The predicted molar refractivity (Wildman–Crippen MR) is 78.3 cm³/mol. The van der Waals surface area contributed by atoms with Crippen LogP contribution >= 0.6 is 0 Å². The molecule has 0 aliphatic carbocycles. The van der Waals surface area contributed by atoms with E-state index in [2.05, 4.69) is 17.3 Å². The number of benzene rings is 1. The zero-order valence-electron chi connectivity index (χ0n) is 12.4. The number of methoxy groups -OCH3 is 2. The molecule has 0 aliphatic heterocycles. The zero-order chi connectivity index (χ0) is 14.5. The molecule has 1 heterocycles. The van der Waals surface area contributed by atoms with Crippen LogP contribution in [0.5, 0.6) is 11.5 Å². The number of aryl methyl sites for hydroxylation is 1. The molecule has 0 radical (unpaired) electrons. The maximum absolute atomic E-state index is 5.43. The molecule has 1 atom stereocenters. The Hall–Kier alpha value is -2.01. The van der Waals surface area contributed by atoms with Crippen LogP contribution in [0.25, 0.3) is 0 Å². The maximum atomic E-state index is 5.43. The summed E-state index contributed by atoms with van der Waals surface area (Å²) in [6.45, 7) is 2.86. The quantitative estimate of drug-likeness (QED) is 0.878. The first-order valence-corrected chi connectivity index (χ1v) is 6.66. The minimum Gasteiger partial charge on any atom is -0.497 e. The molecule has 1 N–H and O–H groups in total. The molecule has 0 spiro atoms. The van der Waals surface area contributed by atoms with E-state index in [0.29, 0.717) is 0 Å². The number of hydrogen-bond donors (Lipinski definition) is 1. The summed E-state index contributed by atoms with van der Waals surface area (Å²) in [5, 5.41) is 7.69. The fraction of sp³-hybridized carbons (Fsp3) is 0.400. The largest absolute Gasteiger partial charge is 0.497 e. The van der Waals surface area contributed by atoms with Crippen molar-refractivity contribution in [1.82, 2.24) is 15.1 Å². The van der Waals surface area contributed by atoms with E-state index in [1.807, 2.05) is 36.0 Å². The fourth-order valence-electron chi connectivity index (χ4n) is 2.34. The fourth-order valence-corrected chi connectivity index (χ4v) is 2.34. The van der Waals surface area contributed by atoms with Gasteiger partial charge in [0.2, 0.25) is 0 Å². The van der Waals surface area contributed by atoms with Gasteiger partial charge in [-0.25, -0.2) is 0 Å². The molecular weight excluding hydrogens is 254 g/mol. The van der Waals surface area contributed by atoms with E-state index >= 15 is 0 Å². The molecule has 0 bridgehead atoms. The zero-order valence-corrected chi connectivity index (χ0v) is 12.4. The number of ether oxygens (including phenoxy) is 2. The van der Waals surface area contributed by atoms with Crippen LogP contribution in [0.1, 0.15) is 24.2 Å². The molecule has 108 valence electrons. The minimum absolute atomic E-state index is 0.0262. The van der Waals surface area contributed by atoms with Crippen LogP contribution in [0.3, 0.4) is 0 Å². The van der Waals surface area contributed by atoms with Crippen molar-refractivity contribution in [3.63, 3.8) is 0 Å². The summed E-state index contributed by atoms with van der Waals surface area (Å²) in [4.78, 5) is 0. The highest BCUT2D eigenvalue weighted by atomic mass is 16.5. The molecule has 0 saturated heterocycles. The third-order valence-corrected chi connectivity index (χ3v) is 3.38. The number of nitrogens with one attached hydrogen (secondary N) is 1. The lowest BCUT2D eigenvalue weighted by molar-refractivity contribution is 0.401. The van der Waals surface area contributed by atoms with Gasteiger partial charge in [0.05, 0.1) is 26.5 Å². The van der Waals surface area contributed by atoms with Gasteiger partial charge in [-0.2, -0.15) is 5.10 Å². The Morgan fingerprint density at radius 1 is 1.20 bits per heavy atom. The molecule has 0 amide bonds. The van der Waals surface area contributed by atoms with Crippen molar-refractivity contribution < 1.29 is 9.47 Å². The molecule has 2 aromatic rings. The third kappa shape index (κ3) is 2.63. The molecule has 20 heavy (non-hydrogen) atoms. The van der Waals surface area contributed by atoms with E-state index < -0.39 is 0 Å². The van der Waals surface area contributed by atoms with Gasteiger partial charge in [0.25, 0.3) is 0 Å². The summed E-state index contributed by atoms with van der Waals surface area (Å²) in [5.41, 5.74) is 2.17. The second-order valence-electron chi connectivity index (χ2n) is 4.41. The minimum atomic E-state index is 0.0262. The number of nitrogens with zero attached hydrogens (tertiary/aromatic N) is 2. The molecule has 2 rings (SSSR count). The third-order valence-electron chi connectivity index (χ3n) is 3.38. The first-order chi connectivity index (χ1) is 9.74. The second kappa shape index (κ2) is 6.43. The molecule has 5 heteroatoms. The summed E-state index contributed by atoms with van der Waals surface area (Å²) in [5.74, 6) is 1.64. The Morgan fingerprint density at radius 2 is 1.90 bits per heavy atom. The highest BCUT2D eigenvalue weighted by Crippen LogP contribution is 2.30. The van der Waals surface area contributed by atoms with Gasteiger partial charge in [0, 0.05) is 6.54 Å². The van der Waals surface area contributed by atoms with Crippen LogP contribution in [-0.2, 0) is 6.54 Å². The normalized spacial score (nSPS) is 12.2. The van der Waals surface area contributed by atoms with Crippen molar-refractivity contribution in [2.45, 2.75) is 19.5 Å². The Labute approximate surface area is 119 Å². The average Bonchev–Trinajstić information content (AvgIpc) is 2.91. The van der Waals surface area contributed by atoms with Gasteiger partial charge >= 0.3 is 0 Å². The van der Waals surface area contributed by atoms with Crippen molar-refractivity contribution >= 4 is 0 Å². The van der Waals surface area contributed by atoms with E-state index in [1.54, 1.807) is 20.4 Å².